The van der Waals surface area contributed by atoms with Gasteiger partial charge in [-0.1, -0.05) is 156 Å². The van der Waals surface area contributed by atoms with Gasteiger partial charge in [-0.25, -0.2) is 0 Å². The molecule has 2 aromatic heterocycles. The summed E-state index contributed by atoms with van der Waals surface area (Å²) < 4.78 is 2.62. The molecule has 0 aliphatic heterocycles. The molecule has 2 heterocycles. The minimum Gasteiger partial charge on any atom is -0.299 e. The van der Waals surface area contributed by atoms with Crippen molar-refractivity contribution in [3.05, 3.63) is 224 Å². The molecule has 8 aromatic rings. The summed E-state index contributed by atoms with van der Waals surface area (Å²) in [6.07, 6.45) is 8.69. The molecule has 4 heteroatoms. The van der Waals surface area contributed by atoms with E-state index in [4.69, 9.17) is 0 Å². The Balaban J connectivity index is 1.38. The number of thiophene rings is 2. The van der Waals surface area contributed by atoms with Crippen molar-refractivity contribution in [1.82, 2.24) is 0 Å². The van der Waals surface area contributed by atoms with Crippen LogP contribution in [0.4, 0.5) is 0 Å². The molecular formula is C54H40O2S2. The molecule has 10 rings (SSSR count). The van der Waals surface area contributed by atoms with E-state index in [0.717, 1.165) is 23.7 Å². The number of hydrogen-bond acceptors (Lipinski definition) is 4. The van der Waals surface area contributed by atoms with Crippen LogP contribution in [0.15, 0.2) is 146 Å². The topological polar surface area (TPSA) is 34.1 Å². The molecule has 0 saturated heterocycles. The molecule has 0 unspecified atom stereocenters. The third-order valence-electron chi connectivity index (χ3n) is 12.3. The fourth-order valence-electron chi connectivity index (χ4n) is 9.66. The molecule has 0 amide bonds. The lowest BCUT2D eigenvalue weighted by Crippen LogP contribution is -2.29. The van der Waals surface area contributed by atoms with Gasteiger partial charge in [-0.3, -0.25) is 9.59 Å². The number of benzene rings is 6. The predicted molar refractivity (Wildman–Crippen MR) is 243 cm³/mol. The summed E-state index contributed by atoms with van der Waals surface area (Å²) in [5.41, 5.74) is 18.1. The van der Waals surface area contributed by atoms with Gasteiger partial charge in [-0.15, -0.1) is 22.7 Å². The SMILES string of the molecule is Cc1ccc(C2(c3ccc(C)cc3)c3cc(/C=C/C=O)ccc3-c3sc4c5c(sc4c32)-c2ccc(/C=C/C=O)cc2C5(c2ccc(C)cc2)c2ccc(C)cc2)cc1. The third kappa shape index (κ3) is 5.15. The number of allylic oxidation sites excluding steroid dienone is 2. The Morgan fingerprint density at radius 1 is 0.414 bits per heavy atom. The van der Waals surface area contributed by atoms with Gasteiger partial charge in [0.2, 0.25) is 0 Å². The van der Waals surface area contributed by atoms with Crippen molar-refractivity contribution in [3.8, 4) is 20.9 Å². The number of carbonyl (C=O) groups excluding carboxylic acids is 2. The van der Waals surface area contributed by atoms with Crippen molar-refractivity contribution in [3.63, 3.8) is 0 Å². The van der Waals surface area contributed by atoms with Gasteiger partial charge in [0.25, 0.3) is 0 Å². The summed E-state index contributed by atoms with van der Waals surface area (Å²) in [5.74, 6) is 0. The van der Waals surface area contributed by atoms with Crippen LogP contribution in [-0.2, 0) is 20.4 Å². The molecule has 0 atom stereocenters. The zero-order valence-corrected chi connectivity index (χ0v) is 34.4. The minimum atomic E-state index is -0.614. The van der Waals surface area contributed by atoms with E-state index in [1.807, 2.05) is 34.8 Å². The molecular weight excluding hydrogens is 745 g/mol. The first kappa shape index (κ1) is 36.2. The molecule has 0 N–H and O–H groups in total. The monoisotopic (exact) mass is 784 g/mol. The van der Waals surface area contributed by atoms with Crippen LogP contribution < -0.4 is 0 Å². The highest BCUT2D eigenvalue weighted by Gasteiger charge is 2.53. The predicted octanol–water partition coefficient (Wildman–Crippen LogP) is 13.3. The van der Waals surface area contributed by atoms with E-state index in [1.165, 1.54) is 97.0 Å². The van der Waals surface area contributed by atoms with Crippen LogP contribution in [0.5, 0.6) is 0 Å². The van der Waals surface area contributed by atoms with E-state index >= 15 is 0 Å². The molecule has 58 heavy (non-hydrogen) atoms. The lowest BCUT2D eigenvalue weighted by molar-refractivity contribution is -0.104. The summed E-state index contributed by atoms with van der Waals surface area (Å²) in [4.78, 5) is 25.7. The minimum absolute atomic E-state index is 0.614. The van der Waals surface area contributed by atoms with E-state index in [2.05, 4.69) is 161 Å². The lowest BCUT2D eigenvalue weighted by Gasteiger charge is -2.34. The summed E-state index contributed by atoms with van der Waals surface area (Å²) in [6, 6.07) is 49.9. The Kier molecular flexibility index (Phi) is 8.56. The summed E-state index contributed by atoms with van der Waals surface area (Å²) >= 11 is 3.85. The highest BCUT2D eigenvalue weighted by Crippen LogP contribution is 2.68. The first-order valence-electron chi connectivity index (χ1n) is 19.7. The van der Waals surface area contributed by atoms with Crippen molar-refractivity contribution < 1.29 is 9.59 Å². The first-order chi connectivity index (χ1) is 28.3. The largest absolute Gasteiger partial charge is 0.299 e. The zero-order valence-electron chi connectivity index (χ0n) is 32.8. The van der Waals surface area contributed by atoms with Crippen LogP contribution in [0.25, 0.3) is 42.4 Å². The second kappa shape index (κ2) is 13.7. The second-order valence-corrected chi connectivity index (χ2v) is 17.9. The third-order valence-corrected chi connectivity index (χ3v) is 14.9. The Bertz CT molecular complexity index is 2690. The van der Waals surface area contributed by atoms with Crippen molar-refractivity contribution in [2.24, 2.45) is 0 Å². The number of carbonyl (C=O) groups is 2. The Labute approximate surface area is 347 Å². The summed E-state index contributed by atoms with van der Waals surface area (Å²) in [6.45, 7) is 8.61. The number of hydrogen-bond donors (Lipinski definition) is 0. The lowest BCUT2D eigenvalue weighted by atomic mass is 9.66. The zero-order chi connectivity index (χ0) is 39.8. The van der Waals surface area contributed by atoms with Crippen LogP contribution >= 0.6 is 22.7 Å². The molecule has 6 aromatic carbocycles. The number of rotatable bonds is 8. The summed E-state index contributed by atoms with van der Waals surface area (Å²) in [5, 5.41) is 0. The fourth-order valence-corrected chi connectivity index (χ4v) is 12.8. The maximum absolute atomic E-state index is 11.5. The van der Waals surface area contributed by atoms with E-state index < -0.39 is 10.8 Å². The van der Waals surface area contributed by atoms with Gasteiger partial charge in [0.05, 0.1) is 20.2 Å². The molecule has 280 valence electrons. The van der Waals surface area contributed by atoms with E-state index in [-0.39, 0.29) is 0 Å². The van der Waals surface area contributed by atoms with Crippen molar-refractivity contribution in [2.45, 2.75) is 38.5 Å². The van der Waals surface area contributed by atoms with E-state index in [0.29, 0.717) is 0 Å². The second-order valence-electron chi connectivity index (χ2n) is 15.8. The molecule has 0 fully saturated rings. The first-order valence-corrected chi connectivity index (χ1v) is 21.3. The molecule has 0 radical (unpaired) electrons. The fraction of sp³-hybridized carbons (Fsp3) is 0.111. The van der Waals surface area contributed by atoms with Crippen LogP contribution in [0, 0.1) is 27.7 Å². The van der Waals surface area contributed by atoms with Gasteiger partial charge in [0.1, 0.15) is 12.6 Å². The maximum Gasteiger partial charge on any atom is 0.142 e. The molecule has 0 bridgehead atoms. The van der Waals surface area contributed by atoms with Crippen LogP contribution in [0.1, 0.15) is 77.9 Å². The van der Waals surface area contributed by atoms with Crippen LogP contribution in [0.2, 0.25) is 0 Å². The van der Waals surface area contributed by atoms with Gasteiger partial charge in [0.15, 0.2) is 0 Å². The smallest absolute Gasteiger partial charge is 0.142 e. The quantitative estimate of drug-likeness (QED) is 0.114. The van der Waals surface area contributed by atoms with E-state index in [9.17, 15) is 9.59 Å². The summed E-state index contributed by atoms with van der Waals surface area (Å²) in [7, 11) is 0. The van der Waals surface area contributed by atoms with Gasteiger partial charge >= 0.3 is 0 Å². The molecule has 2 nitrogen and oxygen atoms in total. The maximum atomic E-state index is 11.5. The Morgan fingerprint density at radius 2 is 0.724 bits per heavy atom. The Hall–Kier alpha value is -6.20. The normalized spacial score (nSPS) is 14.5. The number of aldehydes is 2. The van der Waals surface area contributed by atoms with E-state index in [1.54, 1.807) is 12.2 Å². The van der Waals surface area contributed by atoms with Gasteiger partial charge in [-0.05, 0) is 108 Å². The van der Waals surface area contributed by atoms with Gasteiger partial charge < -0.3 is 0 Å². The number of fused-ring (bicyclic) bond motifs is 9. The van der Waals surface area contributed by atoms with Gasteiger partial charge in [-0.2, -0.15) is 0 Å². The molecule has 0 spiro atoms. The standard InChI is InChI=1S/C54H40O2S2/c1-33-9-19-39(20-10-33)53(40-21-11-34(2)12-22-40)45-31-37(7-5-29-55)17-27-43(45)49-47(53)51-52(57-49)48-50(58-51)44-28-18-38(8-6-30-56)32-46(44)54(48,41-23-13-35(3)14-24-41)42-25-15-36(4)16-26-42/h5-32H,1-4H3/b7-5+,8-6+. The molecule has 0 saturated carbocycles. The number of aryl methyl sites for hydroxylation is 4. The van der Waals surface area contributed by atoms with Crippen LogP contribution in [-0.4, -0.2) is 12.6 Å². The molecule has 2 aliphatic rings. The highest BCUT2D eigenvalue weighted by atomic mass is 32.1. The highest BCUT2D eigenvalue weighted by molar-refractivity contribution is 7.32. The average Bonchev–Trinajstić information content (AvgIpc) is 3.94. The van der Waals surface area contributed by atoms with Crippen molar-refractivity contribution in [2.75, 3.05) is 0 Å². The average molecular weight is 785 g/mol. The van der Waals surface area contributed by atoms with Gasteiger partial charge in [0, 0.05) is 20.9 Å². The van der Waals surface area contributed by atoms with Crippen LogP contribution in [0.3, 0.4) is 0 Å². The van der Waals surface area contributed by atoms with Crippen molar-refractivity contribution in [1.29, 1.82) is 0 Å². The van der Waals surface area contributed by atoms with Crippen molar-refractivity contribution >= 4 is 56.8 Å². The Morgan fingerprint density at radius 3 is 1.02 bits per heavy atom. The molecule has 2 aliphatic carbocycles.